The summed E-state index contributed by atoms with van der Waals surface area (Å²) in [5, 5.41) is 27.9. The number of nitrogens with one attached hydrogen (secondary N) is 2. The second kappa shape index (κ2) is 7.47. The number of nitro groups is 2. The first-order valence-electron chi connectivity index (χ1n) is 5.97. The number of hydrogen-bond acceptors (Lipinski definition) is 7. The Morgan fingerprint density at radius 1 is 1.36 bits per heavy atom. The van der Waals surface area contributed by atoms with E-state index in [-0.39, 0.29) is 18.1 Å². The molecule has 0 unspecified atom stereocenters. The molecule has 10 nitrogen and oxygen atoms in total. The van der Waals surface area contributed by atoms with Gasteiger partial charge in [0, 0.05) is 6.07 Å². The molecule has 0 heterocycles. The van der Waals surface area contributed by atoms with Crippen LogP contribution < -0.4 is 10.7 Å². The van der Waals surface area contributed by atoms with E-state index in [0.29, 0.717) is 5.71 Å². The number of rotatable bonds is 7. The topological polar surface area (TPSA) is 140 Å². The van der Waals surface area contributed by atoms with Crippen LogP contribution in [-0.2, 0) is 4.79 Å². The van der Waals surface area contributed by atoms with Crippen LogP contribution in [0, 0.1) is 20.2 Å². The summed E-state index contributed by atoms with van der Waals surface area (Å²) in [5.74, 6) is -0.379. The smallest absolute Gasteiger partial charge is 0.301 e. The fourth-order valence-electron chi connectivity index (χ4n) is 1.36. The van der Waals surface area contributed by atoms with Gasteiger partial charge in [-0.25, -0.2) is 0 Å². The number of carbonyl (C=O) groups is 1. The molecule has 22 heavy (non-hydrogen) atoms. The van der Waals surface area contributed by atoms with Gasteiger partial charge in [0.2, 0.25) is 5.91 Å². The third kappa shape index (κ3) is 4.67. The Morgan fingerprint density at radius 3 is 2.59 bits per heavy atom. The molecule has 10 heteroatoms. The number of non-ortho nitro benzene ring substituents is 1. The third-order valence-corrected chi connectivity index (χ3v) is 2.46. The van der Waals surface area contributed by atoms with Gasteiger partial charge in [0.1, 0.15) is 5.69 Å². The molecule has 0 spiro atoms. The van der Waals surface area contributed by atoms with Gasteiger partial charge < -0.3 is 5.32 Å². The van der Waals surface area contributed by atoms with E-state index in [0.717, 1.165) is 18.2 Å². The minimum absolute atomic E-state index is 0.00463. The summed E-state index contributed by atoms with van der Waals surface area (Å²) in [6, 6.07) is 3.15. The monoisotopic (exact) mass is 307 g/mol. The van der Waals surface area contributed by atoms with Crippen molar-refractivity contribution in [3.05, 3.63) is 51.1 Å². The normalized spacial score (nSPS) is 10.7. The van der Waals surface area contributed by atoms with Gasteiger partial charge in [0.05, 0.1) is 28.2 Å². The summed E-state index contributed by atoms with van der Waals surface area (Å²) >= 11 is 0. The van der Waals surface area contributed by atoms with E-state index in [1.165, 1.54) is 6.07 Å². The number of nitro benzene ring substituents is 2. The van der Waals surface area contributed by atoms with Crippen molar-refractivity contribution in [2.75, 3.05) is 12.0 Å². The maximum Gasteiger partial charge on any atom is 0.301 e. The molecule has 1 aromatic carbocycles. The summed E-state index contributed by atoms with van der Waals surface area (Å²) in [5.41, 5.74) is 2.04. The van der Waals surface area contributed by atoms with Crippen molar-refractivity contribution < 1.29 is 14.6 Å². The fourth-order valence-corrected chi connectivity index (χ4v) is 1.36. The maximum atomic E-state index is 11.0. The first-order chi connectivity index (χ1) is 10.3. The minimum atomic E-state index is -0.750. The molecule has 0 bridgehead atoms. The highest BCUT2D eigenvalue weighted by molar-refractivity contribution is 5.92. The van der Waals surface area contributed by atoms with Crippen LogP contribution in [0.5, 0.6) is 0 Å². The second-order valence-electron chi connectivity index (χ2n) is 4.10. The van der Waals surface area contributed by atoms with Gasteiger partial charge in [0.15, 0.2) is 0 Å². The zero-order chi connectivity index (χ0) is 16.7. The van der Waals surface area contributed by atoms with Crippen LogP contribution in [0.2, 0.25) is 0 Å². The van der Waals surface area contributed by atoms with Gasteiger partial charge in [-0.3, -0.25) is 30.4 Å². The van der Waals surface area contributed by atoms with Gasteiger partial charge in [-0.1, -0.05) is 6.58 Å². The first kappa shape index (κ1) is 16.8. The number of carbonyl (C=O) groups excluding carboxylic acids is 1. The molecule has 0 aliphatic rings. The predicted molar refractivity (Wildman–Crippen MR) is 79.7 cm³/mol. The average Bonchev–Trinajstić information content (AvgIpc) is 2.49. The van der Waals surface area contributed by atoms with Crippen LogP contribution in [0.3, 0.4) is 0 Å². The molecule has 2 N–H and O–H groups in total. The average molecular weight is 307 g/mol. The van der Waals surface area contributed by atoms with Crippen molar-refractivity contribution in [3.8, 4) is 0 Å². The highest BCUT2D eigenvalue weighted by Crippen LogP contribution is 2.28. The van der Waals surface area contributed by atoms with Crippen LogP contribution in [0.4, 0.5) is 17.1 Å². The lowest BCUT2D eigenvalue weighted by Gasteiger charge is -2.05. The molecule has 0 aliphatic heterocycles. The highest BCUT2D eigenvalue weighted by Gasteiger charge is 2.19. The lowest BCUT2D eigenvalue weighted by molar-refractivity contribution is -0.393. The number of nitrogens with zero attached hydrogens (tertiary/aromatic N) is 3. The van der Waals surface area contributed by atoms with Gasteiger partial charge >= 0.3 is 5.69 Å². The van der Waals surface area contributed by atoms with Crippen LogP contribution in [0.1, 0.15) is 6.92 Å². The quantitative estimate of drug-likeness (QED) is 0.339. The summed E-state index contributed by atoms with van der Waals surface area (Å²) in [4.78, 5) is 31.0. The number of benzene rings is 1. The van der Waals surface area contributed by atoms with Crippen LogP contribution in [0.15, 0.2) is 36.0 Å². The van der Waals surface area contributed by atoms with Crippen LogP contribution in [0.25, 0.3) is 0 Å². The zero-order valence-electron chi connectivity index (χ0n) is 11.6. The SMILES string of the molecule is C=CC(=O)NC/C(C)=N/Nc1ccc([N+](=O)[O-])cc1[N+](=O)[O-]. The van der Waals surface area contributed by atoms with Gasteiger partial charge in [-0.2, -0.15) is 5.10 Å². The van der Waals surface area contributed by atoms with E-state index < -0.39 is 21.2 Å². The molecule has 1 amide bonds. The molecule has 1 rings (SSSR count). The van der Waals surface area contributed by atoms with E-state index in [4.69, 9.17) is 0 Å². The minimum Gasteiger partial charge on any atom is -0.347 e. The molecule has 0 aromatic heterocycles. The molecule has 1 aromatic rings. The molecule has 0 radical (unpaired) electrons. The molecule has 0 saturated carbocycles. The van der Waals surface area contributed by atoms with Crippen molar-refractivity contribution in [2.45, 2.75) is 6.92 Å². The summed E-state index contributed by atoms with van der Waals surface area (Å²) in [6.45, 7) is 5.00. The molecule has 0 aliphatic carbocycles. The summed E-state index contributed by atoms with van der Waals surface area (Å²) in [6.07, 6.45) is 1.10. The van der Waals surface area contributed by atoms with E-state index in [1.54, 1.807) is 6.92 Å². The number of hydrazone groups is 1. The number of hydrogen-bond donors (Lipinski definition) is 2. The van der Waals surface area contributed by atoms with Crippen LogP contribution in [-0.4, -0.2) is 28.0 Å². The van der Waals surface area contributed by atoms with Gasteiger partial charge in [-0.15, -0.1) is 0 Å². The molecule has 0 saturated heterocycles. The Morgan fingerprint density at radius 2 is 2.05 bits per heavy atom. The Bertz CT molecular complexity index is 655. The van der Waals surface area contributed by atoms with E-state index in [2.05, 4.69) is 22.4 Å². The maximum absolute atomic E-state index is 11.0. The Hall–Kier alpha value is -3.30. The molecule has 0 atom stereocenters. The van der Waals surface area contributed by atoms with E-state index in [9.17, 15) is 25.0 Å². The lowest BCUT2D eigenvalue weighted by Crippen LogP contribution is -2.26. The predicted octanol–water partition coefficient (Wildman–Crippen LogP) is 1.59. The molecular formula is C12H13N5O5. The van der Waals surface area contributed by atoms with E-state index in [1.807, 2.05) is 0 Å². The summed E-state index contributed by atoms with van der Waals surface area (Å²) in [7, 11) is 0. The highest BCUT2D eigenvalue weighted by atomic mass is 16.6. The first-order valence-corrected chi connectivity index (χ1v) is 5.97. The number of anilines is 1. The van der Waals surface area contributed by atoms with Gasteiger partial charge in [0.25, 0.3) is 5.69 Å². The third-order valence-electron chi connectivity index (χ3n) is 2.46. The van der Waals surface area contributed by atoms with Crippen molar-refractivity contribution in [1.82, 2.24) is 5.32 Å². The Kier molecular flexibility index (Phi) is 5.69. The van der Waals surface area contributed by atoms with Crippen molar-refractivity contribution in [2.24, 2.45) is 5.10 Å². The Labute approximate surface area is 124 Å². The largest absolute Gasteiger partial charge is 0.347 e. The van der Waals surface area contributed by atoms with Crippen molar-refractivity contribution in [3.63, 3.8) is 0 Å². The standard InChI is InChI=1S/C12H13N5O5/c1-3-12(18)13-7-8(2)14-15-10-5-4-9(16(19)20)6-11(10)17(21)22/h3-6,15H,1,7H2,2H3,(H,13,18)/b14-8+. The zero-order valence-corrected chi connectivity index (χ0v) is 11.6. The molecule has 116 valence electrons. The van der Waals surface area contributed by atoms with E-state index >= 15 is 0 Å². The summed E-state index contributed by atoms with van der Waals surface area (Å²) < 4.78 is 0. The van der Waals surface area contributed by atoms with Crippen molar-refractivity contribution in [1.29, 1.82) is 0 Å². The fraction of sp³-hybridized carbons (Fsp3) is 0.167. The molecule has 0 fully saturated rings. The number of amides is 1. The van der Waals surface area contributed by atoms with Crippen molar-refractivity contribution >= 4 is 28.7 Å². The van der Waals surface area contributed by atoms with Crippen LogP contribution >= 0.6 is 0 Å². The second-order valence-corrected chi connectivity index (χ2v) is 4.10. The molecular weight excluding hydrogens is 294 g/mol. The Balaban J connectivity index is 2.88. The lowest BCUT2D eigenvalue weighted by atomic mass is 10.2. The van der Waals surface area contributed by atoms with Gasteiger partial charge in [-0.05, 0) is 19.1 Å².